The van der Waals surface area contributed by atoms with Gasteiger partial charge in [-0.3, -0.25) is 0 Å². The summed E-state index contributed by atoms with van der Waals surface area (Å²) in [5, 5.41) is 0. The van der Waals surface area contributed by atoms with Crippen LogP contribution in [0.3, 0.4) is 0 Å². The van der Waals surface area contributed by atoms with E-state index in [-0.39, 0.29) is 6.01 Å². The highest BCUT2D eigenvalue weighted by atomic mass is 79.9. The molecule has 1 heterocycles. The van der Waals surface area contributed by atoms with Crippen LogP contribution in [0.2, 0.25) is 0 Å². The van der Waals surface area contributed by atoms with Gasteiger partial charge in [-0.2, -0.15) is 4.98 Å². The van der Waals surface area contributed by atoms with E-state index in [0.29, 0.717) is 16.8 Å². The van der Waals surface area contributed by atoms with Gasteiger partial charge in [-0.25, -0.2) is 0 Å². The molecule has 0 atom stereocenters. The SMILES string of the molecule is COc1ccc(Br)c2oc(N)nc12. The summed E-state index contributed by atoms with van der Waals surface area (Å²) in [7, 11) is 1.58. The molecule has 0 aliphatic rings. The van der Waals surface area contributed by atoms with E-state index in [1.807, 2.05) is 6.07 Å². The molecule has 2 N–H and O–H groups in total. The topological polar surface area (TPSA) is 61.3 Å². The second-order valence-electron chi connectivity index (χ2n) is 2.48. The Hall–Kier alpha value is -1.23. The minimum atomic E-state index is 0.139. The quantitative estimate of drug-likeness (QED) is 0.833. The van der Waals surface area contributed by atoms with Crippen LogP contribution in [0.5, 0.6) is 5.75 Å². The van der Waals surface area contributed by atoms with E-state index in [4.69, 9.17) is 14.9 Å². The predicted octanol–water partition coefficient (Wildman–Crippen LogP) is 2.18. The fourth-order valence-electron chi connectivity index (χ4n) is 1.13. The van der Waals surface area contributed by atoms with E-state index in [1.54, 1.807) is 13.2 Å². The van der Waals surface area contributed by atoms with Crippen LogP contribution < -0.4 is 10.5 Å². The number of benzene rings is 1. The first-order chi connectivity index (χ1) is 6.22. The van der Waals surface area contributed by atoms with Crippen LogP contribution in [-0.2, 0) is 0 Å². The minimum absolute atomic E-state index is 0.139. The molecule has 0 fully saturated rings. The number of aromatic nitrogens is 1. The van der Waals surface area contributed by atoms with Crippen molar-refractivity contribution in [2.45, 2.75) is 0 Å². The molecule has 0 aliphatic carbocycles. The third-order valence-electron chi connectivity index (χ3n) is 1.69. The fraction of sp³-hybridized carbons (Fsp3) is 0.125. The van der Waals surface area contributed by atoms with Gasteiger partial charge in [0.25, 0.3) is 6.01 Å². The molecule has 2 aromatic rings. The van der Waals surface area contributed by atoms with Crippen molar-refractivity contribution in [3.63, 3.8) is 0 Å². The molecule has 0 saturated carbocycles. The highest BCUT2D eigenvalue weighted by Crippen LogP contribution is 2.32. The molecule has 0 radical (unpaired) electrons. The van der Waals surface area contributed by atoms with Crippen molar-refractivity contribution in [3.05, 3.63) is 16.6 Å². The molecule has 0 amide bonds. The minimum Gasteiger partial charge on any atom is -0.494 e. The number of hydrogen-bond donors (Lipinski definition) is 1. The van der Waals surface area contributed by atoms with Crippen LogP contribution in [0.1, 0.15) is 0 Å². The zero-order chi connectivity index (χ0) is 9.42. The highest BCUT2D eigenvalue weighted by Gasteiger charge is 2.11. The number of fused-ring (bicyclic) bond motifs is 1. The molecule has 13 heavy (non-hydrogen) atoms. The number of ether oxygens (including phenoxy) is 1. The van der Waals surface area contributed by atoms with Crippen molar-refractivity contribution < 1.29 is 9.15 Å². The van der Waals surface area contributed by atoms with E-state index in [1.165, 1.54) is 0 Å². The summed E-state index contributed by atoms with van der Waals surface area (Å²) in [6.07, 6.45) is 0. The highest BCUT2D eigenvalue weighted by molar-refractivity contribution is 9.10. The Balaban J connectivity index is 2.83. The van der Waals surface area contributed by atoms with Crippen molar-refractivity contribution >= 4 is 33.0 Å². The summed E-state index contributed by atoms with van der Waals surface area (Å²) in [4.78, 5) is 4.00. The van der Waals surface area contributed by atoms with Gasteiger partial charge in [0.05, 0.1) is 11.6 Å². The average molecular weight is 243 g/mol. The summed E-state index contributed by atoms with van der Waals surface area (Å²) in [6, 6.07) is 3.76. The predicted molar refractivity (Wildman–Crippen MR) is 52.7 cm³/mol. The Morgan fingerprint density at radius 1 is 1.54 bits per heavy atom. The van der Waals surface area contributed by atoms with E-state index in [9.17, 15) is 0 Å². The molecule has 1 aromatic carbocycles. The maximum atomic E-state index is 5.43. The van der Waals surface area contributed by atoms with Crippen molar-refractivity contribution in [1.29, 1.82) is 0 Å². The van der Waals surface area contributed by atoms with Crippen LogP contribution in [0.4, 0.5) is 6.01 Å². The van der Waals surface area contributed by atoms with Gasteiger partial charge in [0.2, 0.25) is 0 Å². The lowest BCUT2D eigenvalue weighted by atomic mass is 10.3. The van der Waals surface area contributed by atoms with Crippen LogP contribution in [-0.4, -0.2) is 12.1 Å². The second kappa shape index (κ2) is 2.92. The molecule has 0 unspecified atom stereocenters. The first kappa shape index (κ1) is 8.37. The number of methoxy groups -OCH3 is 1. The molecule has 0 spiro atoms. The Kier molecular flexibility index (Phi) is 1.88. The first-order valence-corrected chi connectivity index (χ1v) is 4.40. The summed E-state index contributed by atoms with van der Waals surface area (Å²) < 4.78 is 11.1. The van der Waals surface area contributed by atoms with E-state index < -0.39 is 0 Å². The number of hydrogen-bond acceptors (Lipinski definition) is 4. The Bertz CT molecular complexity index is 453. The van der Waals surface area contributed by atoms with E-state index >= 15 is 0 Å². The maximum absolute atomic E-state index is 5.43. The lowest BCUT2D eigenvalue weighted by Crippen LogP contribution is -1.85. The molecular formula is C8H7BrN2O2. The van der Waals surface area contributed by atoms with Crippen molar-refractivity contribution in [2.24, 2.45) is 0 Å². The average Bonchev–Trinajstić information content (AvgIpc) is 2.48. The summed E-state index contributed by atoms with van der Waals surface area (Å²) >= 11 is 3.33. The van der Waals surface area contributed by atoms with Gasteiger partial charge in [-0.1, -0.05) is 0 Å². The molecule has 5 heteroatoms. The third-order valence-corrected chi connectivity index (χ3v) is 2.32. The monoisotopic (exact) mass is 242 g/mol. The van der Waals surface area contributed by atoms with Gasteiger partial charge in [-0.15, -0.1) is 0 Å². The smallest absolute Gasteiger partial charge is 0.293 e. The molecule has 68 valence electrons. The molecular weight excluding hydrogens is 236 g/mol. The number of rotatable bonds is 1. The Morgan fingerprint density at radius 2 is 2.31 bits per heavy atom. The van der Waals surface area contributed by atoms with Crippen molar-refractivity contribution in [1.82, 2.24) is 4.98 Å². The van der Waals surface area contributed by atoms with Gasteiger partial charge in [0, 0.05) is 0 Å². The largest absolute Gasteiger partial charge is 0.494 e. The lowest BCUT2D eigenvalue weighted by Gasteiger charge is -1.99. The molecule has 0 aliphatic heterocycles. The number of oxazole rings is 1. The summed E-state index contributed by atoms with van der Waals surface area (Å²) in [5.41, 5.74) is 6.67. The van der Waals surface area contributed by atoms with E-state index in [2.05, 4.69) is 20.9 Å². The van der Waals surface area contributed by atoms with Gasteiger partial charge in [0.1, 0.15) is 5.75 Å². The third kappa shape index (κ3) is 1.25. The van der Waals surface area contributed by atoms with Gasteiger partial charge in [-0.05, 0) is 28.1 Å². The van der Waals surface area contributed by atoms with Crippen LogP contribution in [0.25, 0.3) is 11.1 Å². The van der Waals surface area contributed by atoms with Crippen LogP contribution in [0.15, 0.2) is 21.0 Å². The van der Waals surface area contributed by atoms with Gasteiger partial charge >= 0.3 is 0 Å². The summed E-state index contributed by atoms with van der Waals surface area (Å²) in [6.45, 7) is 0. The zero-order valence-electron chi connectivity index (χ0n) is 6.87. The maximum Gasteiger partial charge on any atom is 0.293 e. The molecule has 0 bridgehead atoms. The number of nitrogens with zero attached hydrogens (tertiary/aromatic N) is 1. The first-order valence-electron chi connectivity index (χ1n) is 3.61. The van der Waals surface area contributed by atoms with Crippen LogP contribution >= 0.6 is 15.9 Å². The number of nitrogen functional groups attached to an aromatic ring is 1. The summed E-state index contributed by atoms with van der Waals surface area (Å²) in [5.74, 6) is 0.652. The normalized spacial score (nSPS) is 10.6. The Morgan fingerprint density at radius 3 is 3.00 bits per heavy atom. The number of anilines is 1. The van der Waals surface area contributed by atoms with E-state index in [0.717, 1.165) is 4.47 Å². The molecule has 0 saturated heterocycles. The lowest BCUT2D eigenvalue weighted by molar-refractivity contribution is 0.419. The Labute approximate surface area is 82.8 Å². The molecule has 1 aromatic heterocycles. The molecule has 2 rings (SSSR count). The fourth-order valence-corrected chi connectivity index (χ4v) is 1.53. The standard InChI is InChI=1S/C8H7BrN2O2/c1-12-5-3-2-4(9)7-6(5)11-8(10)13-7/h2-3H,1H3,(H2,10,11). The number of halogens is 1. The van der Waals surface area contributed by atoms with Gasteiger partial charge < -0.3 is 14.9 Å². The molecule has 4 nitrogen and oxygen atoms in total. The van der Waals surface area contributed by atoms with Gasteiger partial charge in [0.15, 0.2) is 11.1 Å². The van der Waals surface area contributed by atoms with Crippen LogP contribution in [0, 0.1) is 0 Å². The number of nitrogens with two attached hydrogens (primary N) is 1. The van der Waals surface area contributed by atoms with Crippen molar-refractivity contribution in [2.75, 3.05) is 12.8 Å². The zero-order valence-corrected chi connectivity index (χ0v) is 8.46. The second-order valence-corrected chi connectivity index (χ2v) is 3.33. The van der Waals surface area contributed by atoms with Crippen molar-refractivity contribution in [3.8, 4) is 5.75 Å².